The van der Waals surface area contributed by atoms with Crippen LogP contribution in [-0.2, 0) is 6.54 Å². The van der Waals surface area contributed by atoms with Crippen LogP contribution < -0.4 is 15.4 Å². The van der Waals surface area contributed by atoms with Gasteiger partial charge in [0, 0.05) is 25.8 Å². The van der Waals surface area contributed by atoms with Crippen LogP contribution in [0.15, 0.2) is 36.4 Å². The second-order valence-corrected chi connectivity index (χ2v) is 4.66. The molecule has 0 saturated carbocycles. The third-order valence-corrected chi connectivity index (χ3v) is 2.70. The lowest BCUT2D eigenvalue weighted by Crippen LogP contribution is -2.36. The topological polar surface area (TPSA) is 70.6 Å². The monoisotopic (exact) mass is 388 g/mol. The van der Waals surface area contributed by atoms with Crippen molar-refractivity contribution in [3.05, 3.63) is 42.0 Å². The van der Waals surface area contributed by atoms with Gasteiger partial charge in [0.15, 0.2) is 0 Å². The summed E-state index contributed by atoms with van der Waals surface area (Å²) in [6.45, 7) is 2.45. The van der Waals surface area contributed by atoms with E-state index in [1.807, 2.05) is 0 Å². The summed E-state index contributed by atoms with van der Waals surface area (Å²) in [6, 6.07) is 4.18. The van der Waals surface area contributed by atoms with Gasteiger partial charge < -0.3 is 20.5 Å². The molecule has 1 rings (SSSR count). The number of amides is 2. The Balaban J connectivity index is 0.00000301. The van der Waals surface area contributed by atoms with Gasteiger partial charge in [0.05, 0.1) is 0 Å². The minimum absolute atomic E-state index is 0.124. The summed E-state index contributed by atoms with van der Waals surface area (Å²) in [5, 5.41) is 11.5. The van der Waals surface area contributed by atoms with E-state index >= 15 is 0 Å². The fourth-order valence-electron chi connectivity index (χ4n) is 1.57. The molecule has 2 amide bonds. The number of aliphatic hydroxyl groups is 1. The standard InChI is InChI=1S/C14H14F6N2O2.CH4O/c1-9(13(15,16)17)5-6-21-12(23)22-8-10-3-2-4-11(7-10)24-14(18,19)20;1-2/h2-4,7H,1,5-6,8H2,(H2,21,22,23);2H,1H3. The van der Waals surface area contributed by atoms with E-state index in [9.17, 15) is 31.1 Å². The van der Waals surface area contributed by atoms with Crippen molar-refractivity contribution >= 4 is 6.03 Å². The molecular formula is C15H18F6N2O3. The summed E-state index contributed by atoms with van der Waals surface area (Å²) in [5.41, 5.74) is -0.647. The molecule has 0 bridgehead atoms. The molecule has 5 nitrogen and oxygen atoms in total. The van der Waals surface area contributed by atoms with Gasteiger partial charge in [-0.15, -0.1) is 13.2 Å². The molecule has 0 aliphatic carbocycles. The van der Waals surface area contributed by atoms with E-state index in [1.165, 1.54) is 12.1 Å². The lowest BCUT2D eigenvalue weighted by molar-refractivity contribution is -0.274. The first-order chi connectivity index (χ1) is 12.0. The summed E-state index contributed by atoms with van der Waals surface area (Å²) in [7, 11) is 1.00. The van der Waals surface area contributed by atoms with Crippen LogP contribution in [0.4, 0.5) is 31.1 Å². The molecule has 148 valence electrons. The molecule has 0 aliphatic rings. The van der Waals surface area contributed by atoms with E-state index in [4.69, 9.17) is 5.11 Å². The number of ether oxygens (including phenoxy) is 1. The number of aliphatic hydroxyl groups excluding tert-OH is 1. The molecule has 26 heavy (non-hydrogen) atoms. The highest BCUT2D eigenvalue weighted by atomic mass is 19.4. The average Bonchev–Trinajstić information content (AvgIpc) is 2.52. The van der Waals surface area contributed by atoms with Crippen molar-refractivity contribution in [2.75, 3.05) is 13.7 Å². The summed E-state index contributed by atoms with van der Waals surface area (Å²) in [6.07, 6.45) is -9.81. The number of alkyl halides is 6. The van der Waals surface area contributed by atoms with Gasteiger partial charge in [-0.25, -0.2) is 4.79 Å². The number of rotatable bonds is 6. The van der Waals surface area contributed by atoms with E-state index in [-0.39, 0.29) is 13.1 Å². The van der Waals surface area contributed by atoms with Crippen molar-refractivity contribution in [3.63, 3.8) is 0 Å². The zero-order valence-electron chi connectivity index (χ0n) is 13.7. The van der Waals surface area contributed by atoms with Crippen LogP contribution in [0.25, 0.3) is 0 Å². The Labute approximate surface area is 145 Å². The lowest BCUT2D eigenvalue weighted by atomic mass is 10.2. The molecule has 1 aromatic carbocycles. The van der Waals surface area contributed by atoms with Crippen LogP contribution >= 0.6 is 0 Å². The van der Waals surface area contributed by atoms with E-state index in [0.29, 0.717) is 5.56 Å². The van der Waals surface area contributed by atoms with Crippen molar-refractivity contribution in [1.29, 1.82) is 0 Å². The molecule has 0 spiro atoms. The van der Waals surface area contributed by atoms with Crippen molar-refractivity contribution in [1.82, 2.24) is 10.6 Å². The van der Waals surface area contributed by atoms with Crippen LogP contribution in [-0.4, -0.2) is 37.3 Å². The number of hydrogen-bond donors (Lipinski definition) is 3. The molecule has 0 aliphatic heterocycles. The molecule has 1 aromatic rings. The Morgan fingerprint density at radius 1 is 1.15 bits per heavy atom. The number of halogens is 6. The number of hydrogen-bond acceptors (Lipinski definition) is 3. The number of carbonyl (C=O) groups is 1. The molecule has 0 heterocycles. The maximum Gasteiger partial charge on any atom is 0.573 e. The Morgan fingerprint density at radius 2 is 1.77 bits per heavy atom. The van der Waals surface area contributed by atoms with E-state index in [0.717, 1.165) is 19.2 Å². The van der Waals surface area contributed by atoms with Gasteiger partial charge in [-0.3, -0.25) is 0 Å². The van der Waals surface area contributed by atoms with Crippen LogP contribution in [0.5, 0.6) is 5.75 Å². The average molecular weight is 388 g/mol. The number of nitrogens with one attached hydrogen (secondary N) is 2. The Kier molecular flexibility index (Phi) is 9.55. The van der Waals surface area contributed by atoms with E-state index in [1.54, 1.807) is 0 Å². The first-order valence-corrected chi connectivity index (χ1v) is 7.03. The van der Waals surface area contributed by atoms with Gasteiger partial charge in [0.1, 0.15) is 5.75 Å². The molecule has 0 saturated heterocycles. The van der Waals surface area contributed by atoms with Crippen molar-refractivity contribution < 1.29 is 41.0 Å². The first kappa shape index (κ1) is 23.6. The highest BCUT2D eigenvalue weighted by Gasteiger charge is 2.31. The molecule has 0 fully saturated rings. The fraction of sp³-hybridized carbons (Fsp3) is 0.400. The SMILES string of the molecule is C=C(CCNC(=O)NCc1cccc(OC(F)(F)F)c1)C(F)(F)F.CO. The highest BCUT2D eigenvalue weighted by molar-refractivity contribution is 5.73. The second kappa shape index (κ2) is 10.5. The van der Waals surface area contributed by atoms with Crippen molar-refractivity contribution in [2.45, 2.75) is 25.5 Å². The zero-order valence-corrected chi connectivity index (χ0v) is 13.7. The predicted octanol–water partition coefficient (Wildman–Crippen LogP) is 3.50. The van der Waals surface area contributed by atoms with Crippen LogP contribution in [0.2, 0.25) is 0 Å². The lowest BCUT2D eigenvalue weighted by Gasteiger charge is -2.12. The maximum atomic E-state index is 12.2. The first-order valence-electron chi connectivity index (χ1n) is 7.03. The van der Waals surface area contributed by atoms with E-state index < -0.39 is 36.3 Å². The minimum Gasteiger partial charge on any atom is -0.406 e. The molecule has 11 heteroatoms. The molecule has 0 aromatic heterocycles. The van der Waals surface area contributed by atoms with Gasteiger partial charge in [-0.05, 0) is 24.1 Å². The van der Waals surface area contributed by atoms with Gasteiger partial charge >= 0.3 is 18.6 Å². The normalized spacial score (nSPS) is 11.1. The fourth-order valence-corrected chi connectivity index (χ4v) is 1.57. The van der Waals surface area contributed by atoms with Crippen molar-refractivity contribution in [3.8, 4) is 5.75 Å². The Hall–Kier alpha value is -2.43. The molecule has 3 N–H and O–H groups in total. The quantitative estimate of drug-likeness (QED) is 0.516. The summed E-state index contributed by atoms with van der Waals surface area (Å²) < 4.78 is 76.5. The van der Waals surface area contributed by atoms with E-state index in [2.05, 4.69) is 21.9 Å². The third kappa shape index (κ3) is 10.4. The zero-order chi connectivity index (χ0) is 20.4. The van der Waals surface area contributed by atoms with Crippen LogP contribution in [0, 0.1) is 0 Å². The largest absolute Gasteiger partial charge is 0.573 e. The predicted molar refractivity (Wildman–Crippen MR) is 81.3 cm³/mol. The maximum absolute atomic E-state index is 12.2. The molecule has 0 atom stereocenters. The Bertz CT molecular complexity index is 587. The number of benzene rings is 1. The second-order valence-electron chi connectivity index (χ2n) is 4.66. The molecule has 0 radical (unpaired) electrons. The van der Waals surface area contributed by atoms with Crippen LogP contribution in [0.1, 0.15) is 12.0 Å². The summed E-state index contributed by atoms with van der Waals surface area (Å²) in [4.78, 5) is 11.4. The highest BCUT2D eigenvalue weighted by Crippen LogP contribution is 2.26. The van der Waals surface area contributed by atoms with Gasteiger partial charge in [-0.1, -0.05) is 18.7 Å². The van der Waals surface area contributed by atoms with Crippen LogP contribution in [0.3, 0.4) is 0 Å². The third-order valence-electron chi connectivity index (χ3n) is 2.70. The van der Waals surface area contributed by atoms with Gasteiger partial charge in [0.2, 0.25) is 0 Å². The summed E-state index contributed by atoms with van der Waals surface area (Å²) >= 11 is 0. The Morgan fingerprint density at radius 3 is 2.31 bits per heavy atom. The summed E-state index contributed by atoms with van der Waals surface area (Å²) in [5.74, 6) is -0.441. The minimum atomic E-state index is -4.83. The number of urea groups is 1. The van der Waals surface area contributed by atoms with Gasteiger partial charge in [-0.2, -0.15) is 13.2 Å². The number of carbonyl (C=O) groups excluding carboxylic acids is 1. The van der Waals surface area contributed by atoms with Crippen molar-refractivity contribution in [2.24, 2.45) is 0 Å². The molecule has 0 unspecified atom stereocenters. The molecular weight excluding hydrogens is 370 g/mol. The smallest absolute Gasteiger partial charge is 0.406 e. The van der Waals surface area contributed by atoms with Gasteiger partial charge in [0.25, 0.3) is 0 Å².